The molecule has 2 atom stereocenters. The molecule has 1 aromatic carbocycles. The highest BCUT2D eigenvalue weighted by molar-refractivity contribution is 6.76. The van der Waals surface area contributed by atoms with Gasteiger partial charge in [0.05, 0.1) is 17.5 Å². The minimum atomic E-state index is -1.22. The Morgan fingerprint density at radius 3 is 2.27 bits per heavy atom. The Kier molecular flexibility index (Phi) is 4.76. The molecule has 3 nitrogen and oxygen atoms in total. The third kappa shape index (κ3) is 3.57. The second kappa shape index (κ2) is 6.49. The Morgan fingerprint density at radius 2 is 1.65 bits per heavy atom. The van der Waals surface area contributed by atoms with Gasteiger partial charge in [0, 0.05) is 8.07 Å². The first-order valence-electron chi connectivity index (χ1n) is 9.64. The number of carbonyl (C=O) groups excluding carboxylic acids is 2. The maximum atomic E-state index is 13.2. The second-order valence-electron chi connectivity index (χ2n) is 10.0. The van der Waals surface area contributed by atoms with Gasteiger partial charge in [-0.3, -0.25) is 9.59 Å². The van der Waals surface area contributed by atoms with Crippen molar-refractivity contribution >= 4 is 25.6 Å². The second-order valence-corrected chi connectivity index (χ2v) is 15.5. The summed E-state index contributed by atoms with van der Waals surface area (Å²) < 4.78 is 0. The van der Waals surface area contributed by atoms with Crippen molar-refractivity contribution in [2.75, 3.05) is 4.90 Å². The van der Waals surface area contributed by atoms with E-state index in [2.05, 4.69) is 46.5 Å². The highest BCUT2D eigenvalue weighted by Gasteiger charge is 2.49. The molecule has 0 radical (unpaired) electrons. The number of hydrogen-bond donors (Lipinski definition) is 0. The molecule has 4 heteroatoms. The van der Waals surface area contributed by atoms with Crippen molar-refractivity contribution < 1.29 is 9.59 Å². The van der Waals surface area contributed by atoms with E-state index < -0.39 is 8.07 Å². The molecule has 26 heavy (non-hydrogen) atoms. The summed E-state index contributed by atoms with van der Waals surface area (Å²) in [6.07, 6.45) is 3.71. The molecular formula is C22H31NO2Si. The minimum Gasteiger partial charge on any atom is -0.274 e. The van der Waals surface area contributed by atoms with Crippen molar-refractivity contribution in [3.8, 4) is 0 Å². The molecule has 0 unspecified atom stereocenters. The molecule has 3 rings (SSSR count). The van der Waals surface area contributed by atoms with Crippen LogP contribution in [0.3, 0.4) is 0 Å². The van der Waals surface area contributed by atoms with Crippen LogP contribution >= 0.6 is 0 Å². The number of allylic oxidation sites excluding steroid dienone is 2. The van der Waals surface area contributed by atoms with Crippen molar-refractivity contribution in [3.05, 3.63) is 41.5 Å². The number of carbonyl (C=O) groups is 2. The first-order valence-corrected chi connectivity index (χ1v) is 13.3. The third-order valence-corrected chi connectivity index (χ3v) is 6.93. The molecule has 1 aromatic rings. The van der Waals surface area contributed by atoms with Gasteiger partial charge in [0.1, 0.15) is 0 Å². The number of benzene rings is 1. The van der Waals surface area contributed by atoms with E-state index in [0.717, 1.165) is 23.7 Å². The molecule has 1 aliphatic carbocycles. The number of nitrogens with zero attached hydrogens (tertiary/aromatic N) is 1. The average Bonchev–Trinajstić information content (AvgIpc) is 2.76. The van der Waals surface area contributed by atoms with E-state index in [1.165, 1.54) is 10.5 Å². The van der Waals surface area contributed by atoms with E-state index in [0.29, 0.717) is 6.42 Å². The SMILES string of the molecule is CC(C)(C)c1ccccc1N1C(=O)[C@H]2CC(C[Si](C)(C)C)=CC[C@H]2C1=O. The van der Waals surface area contributed by atoms with Crippen LogP contribution in [0.15, 0.2) is 35.9 Å². The fourth-order valence-corrected chi connectivity index (χ4v) is 5.96. The van der Waals surface area contributed by atoms with Crippen LogP contribution in [0.4, 0.5) is 5.69 Å². The lowest BCUT2D eigenvalue weighted by molar-refractivity contribution is -0.122. The molecule has 0 saturated carbocycles. The van der Waals surface area contributed by atoms with E-state index in [9.17, 15) is 9.59 Å². The molecule has 1 aliphatic heterocycles. The molecule has 1 heterocycles. The van der Waals surface area contributed by atoms with Gasteiger partial charge in [-0.1, -0.05) is 70.3 Å². The van der Waals surface area contributed by atoms with Gasteiger partial charge in [-0.2, -0.15) is 0 Å². The monoisotopic (exact) mass is 369 g/mol. The molecule has 0 N–H and O–H groups in total. The first-order chi connectivity index (χ1) is 12.0. The van der Waals surface area contributed by atoms with Gasteiger partial charge < -0.3 is 0 Å². The number of anilines is 1. The van der Waals surface area contributed by atoms with E-state index >= 15 is 0 Å². The molecule has 1 fully saturated rings. The van der Waals surface area contributed by atoms with Crippen LogP contribution in [-0.4, -0.2) is 19.9 Å². The molecule has 0 bridgehead atoms. The Balaban J connectivity index is 1.92. The molecular weight excluding hydrogens is 338 g/mol. The summed E-state index contributed by atoms with van der Waals surface area (Å²) in [5.74, 6) is -0.370. The van der Waals surface area contributed by atoms with Gasteiger partial charge in [-0.05, 0) is 35.9 Å². The predicted octanol–water partition coefficient (Wildman–Crippen LogP) is 5.15. The van der Waals surface area contributed by atoms with Gasteiger partial charge >= 0.3 is 0 Å². The summed E-state index contributed by atoms with van der Waals surface area (Å²) in [5.41, 5.74) is 3.09. The fraction of sp³-hybridized carbons (Fsp3) is 0.545. The van der Waals surface area contributed by atoms with E-state index in [1.807, 2.05) is 24.3 Å². The van der Waals surface area contributed by atoms with Crippen LogP contribution in [-0.2, 0) is 15.0 Å². The lowest BCUT2D eigenvalue weighted by Crippen LogP contribution is -2.33. The van der Waals surface area contributed by atoms with Crippen LogP contribution < -0.4 is 4.90 Å². The average molecular weight is 370 g/mol. The summed E-state index contributed by atoms with van der Waals surface area (Å²) in [5, 5.41) is 0. The van der Waals surface area contributed by atoms with Gasteiger partial charge in [0.25, 0.3) is 0 Å². The summed E-state index contributed by atoms with van der Waals surface area (Å²) in [6, 6.07) is 8.98. The zero-order valence-corrected chi connectivity index (χ0v) is 17.9. The Labute approximate surface area is 158 Å². The van der Waals surface area contributed by atoms with E-state index in [4.69, 9.17) is 0 Å². The normalized spacial score (nSPS) is 23.9. The number of rotatable bonds is 3. The minimum absolute atomic E-state index is 0.00197. The number of amides is 2. The Bertz CT molecular complexity index is 767. The van der Waals surface area contributed by atoms with Crippen molar-refractivity contribution in [3.63, 3.8) is 0 Å². The standard InChI is InChI=1S/C22H31NO2Si/c1-22(2,3)18-9-7-8-10-19(18)23-20(24)16-12-11-15(14-26(4,5)6)13-17(16)21(23)25/h7-11,16-17H,12-14H2,1-6H3/t16-,17+/m1/s1. The van der Waals surface area contributed by atoms with Crippen molar-refractivity contribution in [1.82, 2.24) is 0 Å². The number of para-hydroxylation sites is 1. The predicted molar refractivity (Wildman–Crippen MR) is 110 cm³/mol. The number of imide groups is 1. The number of fused-ring (bicyclic) bond motifs is 1. The molecule has 0 spiro atoms. The zero-order valence-electron chi connectivity index (χ0n) is 16.9. The summed E-state index contributed by atoms with van der Waals surface area (Å²) in [7, 11) is -1.22. The molecule has 140 valence electrons. The molecule has 1 saturated heterocycles. The topological polar surface area (TPSA) is 37.4 Å². The van der Waals surface area contributed by atoms with Gasteiger partial charge in [0.2, 0.25) is 11.8 Å². The van der Waals surface area contributed by atoms with Crippen LogP contribution in [0, 0.1) is 11.8 Å². The quantitative estimate of drug-likeness (QED) is 0.420. The van der Waals surface area contributed by atoms with Gasteiger partial charge in [-0.15, -0.1) is 0 Å². The first kappa shape index (κ1) is 19.1. The van der Waals surface area contributed by atoms with Crippen LogP contribution in [0.25, 0.3) is 0 Å². The summed E-state index contributed by atoms with van der Waals surface area (Å²) in [6.45, 7) is 13.4. The van der Waals surface area contributed by atoms with Crippen LogP contribution in [0.2, 0.25) is 25.7 Å². The van der Waals surface area contributed by atoms with Gasteiger partial charge in [0.15, 0.2) is 0 Å². The lowest BCUT2D eigenvalue weighted by Gasteiger charge is -2.27. The summed E-state index contributed by atoms with van der Waals surface area (Å²) >= 11 is 0. The fourth-order valence-electron chi connectivity index (χ4n) is 4.30. The Morgan fingerprint density at radius 1 is 1.04 bits per heavy atom. The highest BCUT2D eigenvalue weighted by Crippen LogP contribution is 2.43. The number of hydrogen-bond acceptors (Lipinski definition) is 2. The van der Waals surface area contributed by atoms with Crippen LogP contribution in [0.5, 0.6) is 0 Å². The largest absolute Gasteiger partial charge is 0.274 e. The zero-order chi connectivity index (χ0) is 19.3. The highest BCUT2D eigenvalue weighted by atomic mass is 28.3. The van der Waals surface area contributed by atoms with E-state index in [-0.39, 0.29) is 29.1 Å². The Hall–Kier alpha value is -1.68. The van der Waals surface area contributed by atoms with Crippen LogP contribution in [0.1, 0.15) is 39.2 Å². The third-order valence-electron chi connectivity index (χ3n) is 5.41. The maximum Gasteiger partial charge on any atom is 0.238 e. The smallest absolute Gasteiger partial charge is 0.238 e. The summed E-state index contributed by atoms with van der Waals surface area (Å²) in [4.78, 5) is 27.8. The van der Waals surface area contributed by atoms with Crippen molar-refractivity contribution in [2.24, 2.45) is 11.8 Å². The van der Waals surface area contributed by atoms with Gasteiger partial charge in [-0.25, -0.2) is 4.90 Å². The maximum absolute atomic E-state index is 13.2. The van der Waals surface area contributed by atoms with E-state index in [1.54, 1.807) is 0 Å². The van der Waals surface area contributed by atoms with Crippen molar-refractivity contribution in [1.29, 1.82) is 0 Å². The molecule has 2 aliphatic rings. The molecule has 0 aromatic heterocycles. The van der Waals surface area contributed by atoms with Crippen molar-refractivity contribution in [2.45, 2.75) is 64.7 Å². The molecule has 2 amide bonds. The lowest BCUT2D eigenvalue weighted by atomic mass is 9.82.